The first-order valence-electron chi connectivity index (χ1n) is 6.88. The number of benzene rings is 1. The van der Waals surface area contributed by atoms with Gasteiger partial charge in [0.25, 0.3) is 9.06 Å². The van der Waals surface area contributed by atoms with Crippen molar-refractivity contribution < 1.29 is 39.6 Å². The van der Waals surface area contributed by atoms with Crippen molar-refractivity contribution in [3.05, 3.63) is 34.9 Å². The summed E-state index contributed by atoms with van der Waals surface area (Å²) in [5.74, 6) is -1.56. The second kappa shape index (κ2) is 8.05. The summed E-state index contributed by atoms with van der Waals surface area (Å²) in [6.07, 6.45) is -10.1. The Kier molecular flexibility index (Phi) is 6.98. The van der Waals surface area contributed by atoms with Crippen LogP contribution in [0.15, 0.2) is 18.2 Å². The highest BCUT2D eigenvalue weighted by atomic mass is 33.1. The Bertz CT molecular complexity index is 762. The zero-order valence-corrected chi connectivity index (χ0v) is 14.8. The quantitative estimate of drug-likeness (QED) is 0.539. The van der Waals surface area contributed by atoms with E-state index in [1.54, 1.807) is 0 Å². The number of halogens is 6. The van der Waals surface area contributed by atoms with Crippen LogP contribution < -0.4 is 5.73 Å². The van der Waals surface area contributed by atoms with E-state index in [2.05, 4.69) is 0 Å². The van der Waals surface area contributed by atoms with Gasteiger partial charge in [0.1, 0.15) is 0 Å². The Hall–Kier alpha value is -1.47. The van der Waals surface area contributed by atoms with E-state index in [9.17, 15) is 39.6 Å². The summed E-state index contributed by atoms with van der Waals surface area (Å²) in [6.45, 7) is 0.268. The van der Waals surface area contributed by atoms with Crippen molar-refractivity contribution >= 4 is 25.8 Å². The van der Waals surface area contributed by atoms with Crippen molar-refractivity contribution in [2.24, 2.45) is 5.73 Å². The maximum Gasteiger partial charge on any atom is 0.416 e. The van der Waals surface area contributed by atoms with Crippen LogP contribution in [0.2, 0.25) is 0 Å². The molecule has 0 fully saturated rings. The SMILES string of the molecule is CCN(Cc1ccc(C(F)(F)F)cc1C(F)(F)F)S(=O)(=O)SCC(N)=O. The van der Waals surface area contributed by atoms with E-state index in [4.69, 9.17) is 5.73 Å². The third-order valence-electron chi connectivity index (χ3n) is 3.11. The predicted molar refractivity (Wildman–Crippen MR) is 83.1 cm³/mol. The number of amides is 1. The van der Waals surface area contributed by atoms with Crippen LogP contribution in [0.3, 0.4) is 0 Å². The molecule has 0 unspecified atom stereocenters. The first-order valence-corrected chi connectivity index (χ1v) is 9.83. The molecule has 1 aromatic carbocycles. The Morgan fingerprint density at radius 1 is 1.15 bits per heavy atom. The number of nitrogens with two attached hydrogens (primary N) is 1. The van der Waals surface area contributed by atoms with E-state index >= 15 is 0 Å². The van der Waals surface area contributed by atoms with Gasteiger partial charge in [0, 0.05) is 13.1 Å². The molecule has 5 nitrogen and oxygen atoms in total. The number of nitrogens with zero attached hydrogens (tertiary/aromatic N) is 1. The van der Waals surface area contributed by atoms with Crippen LogP contribution >= 0.6 is 10.8 Å². The summed E-state index contributed by atoms with van der Waals surface area (Å²) >= 11 is 0. The first-order chi connectivity index (χ1) is 11.7. The summed E-state index contributed by atoms with van der Waals surface area (Å²) in [6, 6.07) is 0.969. The number of hydrogen-bond donors (Lipinski definition) is 1. The number of rotatable bonds is 7. The summed E-state index contributed by atoms with van der Waals surface area (Å²) in [7, 11) is -4.09. The van der Waals surface area contributed by atoms with Crippen molar-refractivity contribution in [1.82, 2.24) is 4.31 Å². The number of carbonyl (C=O) groups is 1. The molecule has 0 radical (unpaired) electrons. The lowest BCUT2D eigenvalue weighted by atomic mass is 10.0. The minimum atomic E-state index is -5.11. The van der Waals surface area contributed by atoms with E-state index in [1.807, 2.05) is 0 Å². The van der Waals surface area contributed by atoms with Crippen LogP contribution in [0, 0.1) is 0 Å². The molecular weight excluding hydrogens is 410 g/mol. The molecule has 1 aromatic rings. The maximum atomic E-state index is 13.1. The monoisotopic (exact) mass is 424 g/mol. The average Bonchev–Trinajstić information content (AvgIpc) is 2.48. The van der Waals surface area contributed by atoms with Crippen molar-refractivity contribution in [3.63, 3.8) is 0 Å². The minimum absolute atomic E-state index is 0.0632. The van der Waals surface area contributed by atoms with Gasteiger partial charge in [-0.25, -0.2) is 8.42 Å². The highest BCUT2D eigenvalue weighted by Gasteiger charge is 2.38. The molecule has 26 heavy (non-hydrogen) atoms. The van der Waals surface area contributed by atoms with Crippen molar-refractivity contribution in [2.75, 3.05) is 12.3 Å². The topological polar surface area (TPSA) is 80.5 Å². The van der Waals surface area contributed by atoms with Gasteiger partial charge in [-0.05, 0) is 28.5 Å². The van der Waals surface area contributed by atoms with Crippen LogP contribution in [0.1, 0.15) is 23.6 Å². The number of alkyl halides is 6. The second-order valence-corrected chi connectivity index (χ2v) is 8.85. The van der Waals surface area contributed by atoms with Gasteiger partial charge < -0.3 is 5.73 Å². The molecule has 0 aliphatic heterocycles. The Morgan fingerprint density at radius 2 is 1.73 bits per heavy atom. The van der Waals surface area contributed by atoms with Gasteiger partial charge in [-0.1, -0.05) is 13.0 Å². The summed E-state index contributed by atoms with van der Waals surface area (Å²) in [5.41, 5.74) is 1.11. The smallest absolute Gasteiger partial charge is 0.369 e. The van der Waals surface area contributed by atoms with Crippen LogP contribution in [-0.4, -0.2) is 30.9 Å². The van der Waals surface area contributed by atoms with E-state index in [-0.39, 0.29) is 23.4 Å². The second-order valence-electron chi connectivity index (χ2n) is 4.98. The molecule has 0 saturated carbocycles. The Morgan fingerprint density at radius 3 is 2.15 bits per heavy atom. The zero-order valence-electron chi connectivity index (χ0n) is 13.2. The third kappa shape index (κ3) is 6.06. The highest BCUT2D eigenvalue weighted by Crippen LogP contribution is 2.38. The molecule has 0 bridgehead atoms. The Labute approximate surface area is 149 Å². The molecule has 0 heterocycles. The molecule has 13 heteroatoms. The lowest BCUT2D eigenvalue weighted by molar-refractivity contribution is -0.143. The van der Waals surface area contributed by atoms with Gasteiger partial charge in [0.2, 0.25) is 5.91 Å². The lowest BCUT2D eigenvalue weighted by Crippen LogP contribution is -2.30. The van der Waals surface area contributed by atoms with E-state index in [0.29, 0.717) is 16.4 Å². The van der Waals surface area contributed by atoms with Gasteiger partial charge >= 0.3 is 12.4 Å². The molecule has 0 saturated heterocycles. The van der Waals surface area contributed by atoms with E-state index in [1.165, 1.54) is 6.92 Å². The molecule has 148 valence electrons. The molecule has 1 rings (SSSR count). The van der Waals surface area contributed by atoms with Crippen molar-refractivity contribution in [2.45, 2.75) is 25.8 Å². The van der Waals surface area contributed by atoms with Gasteiger partial charge in [-0.15, -0.1) is 0 Å². The zero-order chi connectivity index (χ0) is 20.3. The molecule has 0 aliphatic carbocycles. The van der Waals surface area contributed by atoms with Gasteiger partial charge in [-0.2, -0.15) is 30.6 Å². The van der Waals surface area contributed by atoms with Gasteiger partial charge in [-0.3, -0.25) is 4.79 Å². The highest BCUT2D eigenvalue weighted by molar-refractivity contribution is 8.71. The van der Waals surface area contributed by atoms with Gasteiger partial charge in [0.15, 0.2) is 0 Å². The van der Waals surface area contributed by atoms with Gasteiger partial charge in [0.05, 0.1) is 16.9 Å². The van der Waals surface area contributed by atoms with Crippen LogP contribution in [0.25, 0.3) is 0 Å². The van der Waals surface area contributed by atoms with Crippen LogP contribution in [-0.2, 0) is 32.7 Å². The molecule has 1 amide bonds. The standard InChI is InChI=1S/C13H14F6N2O3S2/c1-2-21(26(23,24)25-7-11(20)22)6-8-3-4-9(12(14,15)16)5-10(8)13(17,18)19/h3-5H,2,6-7H2,1H3,(H2,20,22). The number of hydrogen-bond acceptors (Lipinski definition) is 4. The van der Waals surface area contributed by atoms with Crippen LogP contribution in [0.4, 0.5) is 26.3 Å². The predicted octanol–water partition coefficient (Wildman–Crippen LogP) is 3.01. The number of primary amides is 1. The van der Waals surface area contributed by atoms with Crippen LogP contribution in [0.5, 0.6) is 0 Å². The summed E-state index contributed by atoms with van der Waals surface area (Å²) in [5, 5.41) is 0. The molecule has 0 spiro atoms. The maximum absolute atomic E-state index is 13.1. The van der Waals surface area contributed by atoms with Crippen molar-refractivity contribution in [1.29, 1.82) is 0 Å². The Balaban J connectivity index is 3.27. The molecule has 2 N–H and O–H groups in total. The fraction of sp³-hybridized carbons (Fsp3) is 0.462. The average molecular weight is 424 g/mol. The third-order valence-corrected chi connectivity index (χ3v) is 6.71. The van der Waals surface area contributed by atoms with Crippen molar-refractivity contribution in [3.8, 4) is 0 Å². The molecular formula is C13H14F6N2O3S2. The minimum Gasteiger partial charge on any atom is -0.369 e. The lowest BCUT2D eigenvalue weighted by Gasteiger charge is -2.22. The number of carbonyl (C=O) groups excluding carboxylic acids is 1. The molecule has 0 atom stereocenters. The normalized spacial score (nSPS) is 13.2. The summed E-state index contributed by atoms with van der Waals surface area (Å²) in [4.78, 5) is 10.7. The van der Waals surface area contributed by atoms with E-state index < -0.39 is 56.3 Å². The van der Waals surface area contributed by atoms with E-state index in [0.717, 1.165) is 0 Å². The molecule has 0 aliphatic rings. The first kappa shape index (κ1) is 22.6. The molecule has 0 aromatic heterocycles. The summed E-state index contributed by atoms with van der Waals surface area (Å²) < 4.78 is 102. The fourth-order valence-electron chi connectivity index (χ4n) is 1.90. The largest absolute Gasteiger partial charge is 0.416 e. The fourth-order valence-corrected chi connectivity index (χ4v) is 4.64.